The van der Waals surface area contributed by atoms with Crippen molar-refractivity contribution in [1.82, 2.24) is 9.13 Å². The second kappa shape index (κ2) is 4.64. The van der Waals surface area contributed by atoms with Gasteiger partial charge in [0, 0.05) is 14.1 Å². The van der Waals surface area contributed by atoms with E-state index in [2.05, 4.69) is 10.1 Å². The monoisotopic (exact) mass is 239 g/mol. The first-order valence-corrected chi connectivity index (χ1v) is 4.68. The lowest BCUT2D eigenvalue weighted by Gasteiger charge is -2.08. The largest absolute Gasteiger partial charge is 0.411 e. The topological polar surface area (TPSA) is 115 Å². The molecule has 0 fully saturated rings. The summed E-state index contributed by atoms with van der Waals surface area (Å²) in [6, 6.07) is 0. The van der Waals surface area contributed by atoms with E-state index < -0.39 is 11.2 Å². The minimum Gasteiger partial charge on any atom is -0.411 e. The maximum absolute atomic E-state index is 11.8. The van der Waals surface area contributed by atoms with Gasteiger partial charge in [-0.25, -0.2) is 9.79 Å². The van der Waals surface area contributed by atoms with Gasteiger partial charge in [0.1, 0.15) is 5.82 Å². The SMILES string of the molecule is CC(/C=N/O)=Nc1c(N)n(C)c(=O)n(C)c1=O. The Labute approximate surface area is 96.3 Å². The average molecular weight is 239 g/mol. The number of nitrogen functional groups attached to an aromatic ring is 1. The van der Waals surface area contributed by atoms with Crippen molar-refractivity contribution in [1.29, 1.82) is 0 Å². The fraction of sp³-hybridized carbons (Fsp3) is 0.333. The number of aliphatic imine (C=N–C) groups is 1. The van der Waals surface area contributed by atoms with Crippen LogP contribution in [-0.4, -0.2) is 26.3 Å². The molecule has 3 N–H and O–H groups in total. The molecule has 8 heteroatoms. The van der Waals surface area contributed by atoms with Crippen LogP contribution in [0, 0.1) is 0 Å². The Hall–Kier alpha value is -2.38. The molecular formula is C9H13N5O3. The first-order valence-electron chi connectivity index (χ1n) is 4.68. The van der Waals surface area contributed by atoms with Crippen molar-refractivity contribution in [2.24, 2.45) is 24.2 Å². The molecule has 0 aromatic carbocycles. The Morgan fingerprint density at radius 1 is 1.35 bits per heavy atom. The van der Waals surface area contributed by atoms with Gasteiger partial charge in [0.25, 0.3) is 5.56 Å². The molecule has 17 heavy (non-hydrogen) atoms. The summed E-state index contributed by atoms with van der Waals surface area (Å²) in [6.45, 7) is 1.53. The van der Waals surface area contributed by atoms with E-state index in [-0.39, 0.29) is 17.2 Å². The third-order valence-corrected chi connectivity index (χ3v) is 2.22. The van der Waals surface area contributed by atoms with E-state index in [0.29, 0.717) is 0 Å². The number of nitrogens with two attached hydrogens (primary N) is 1. The molecule has 0 saturated carbocycles. The highest BCUT2D eigenvalue weighted by atomic mass is 16.4. The highest BCUT2D eigenvalue weighted by molar-refractivity contribution is 6.30. The van der Waals surface area contributed by atoms with E-state index in [1.165, 1.54) is 21.0 Å². The number of nitrogens with zero attached hydrogens (tertiary/aromatic N) is 4. The third-order valence-electron chi connectivity index (χ3n) is 2.22. The van der Waals surface area contributed by atoms with Gasteiger partial charge in [-0.05, 0) is 6.92 Å². The zero-order valence-corrected chi connectivity index (χ0v) is 9.71. The first-order chi connectivity index (χ1) is 7.90. The molecule has 0 radical (unpaired) electrons. The maximum atomic E-state index is 11.8. The van der Waals surface area contributed by atoms with Gasteiger partial charge in [-0.1, -0.05) is 5.16 Å². The molecule has 0 amide bonds. The number of aromatic nitrogens is 2. The highest BCUT2D eigenvalue weighted by Gasteiger charge is 2.12. The molecule has 1 aromatic rings. The molecule has 0 aliphatic heterocycles. The van der Waals surface area contributed by atoms with Crippen molar-refractivity contribution >= 4 is 23.4 Å². The van der Waals surface area contributed by atoms with Crippen molar-refractivity contribution in [3.05, 3.63) is 20.8 Å². The predicted octanol–water partition coefficient (Wildman–Crippen LogP) is -0.781. The number of hydrogen-bond donors (Lipinski definition) is 2. The van der Waals surface area contributed by atoms with Gasteiger partial charge in [-0.15, -0.1) is 0 Å². The van der Waals surface area contributed by atoms with Crippen molar-refractivity contribution < 1.29 is 5.21 Å². The predicted molar refractivity (Wildman–Crippen MR) is 64.4 cm³/mol. The molecular weight excluding hydrogens is 226 g/mol. The lowest BCUT2D eigenvalue weighted by molar-refractivity contribution is 0.322. The zero-order chi connectivity index (χ0) is 13.2. The molecule has 1 heterocycles. The second-order valence-electron chi connectivity index (χ2n) is 3.44. The average Bonchev–Trinajstić information content (AvgIpc) is 2.30. The van der Waals surface area contributed by atoms with E-state index in [4.69, 9.17) is 10.9 Å². The minimum absolute atomic E-state index is 0.0382. The second-order valence-corrected chi connectivity index (χ2v) is 3.44. The van der Waals surface area contributed by atoms with E-state index >= 15 is 0 Å². The maximum Gasteiger partial charge on any atom is 0.332 e. The summed E-state index contributed by atoms with van der Waals surface area (Å²) in [6.07, 6.45) is 1.06. The minimum atomic E-state index is -0.601. The lowest BCUT2D eigenvalue weighted by Crippen LogP contribution is -2.38. The normalized spacial score (nSPS) is 12.3. The molecule has 0 aliphatic carbocycles. The van der Waals surface area contributed by atoms with Crippen LogP contribution in [0.2, 0.25) is 0 Å². The quantitative estimate of drug-likeness (QED) is 0.400. The Morgan fingerprint density at radius 2 is 1.94 bits per heavy atom. The summed E-state index contributed by atoms with van der Waals surface area (Å²) in [7, 11) is 2.77. The Morgan fingerprint density at radius 3 is 2.47 bits per heavy atom. The summed E-state index contributed by atoms with van der Waals surface area (Å²) < 4.78 is 2.02. The van der Waals surface area contributed by atoms with Crippen molar-refractivity contribution in [2.75, 3.05) is 5.73 Å². The van der Waals surface area contributed by atoms with Crippen LogP contribution < -0.4 is 17.0 Å². The van der Waals surface area contributed by atoms with Crippen LogP contribution in [0.5, 0.6) is 0 Å². The highest BCUT2D eigenvalue weighted by Crippen LogP contribution is 2.13. The molecule has 0 aliphatic rings. The van der Waals surface area contributed by atoms with Gasteiger partial charge in [-0.3, -0.25) is 13.9 Å². The molecule has 0 saturated heterocycles. The van der Waals surface area contributed by atoms with Crippen LogP contribution in [0.3, 0.4) is 0 Å². The van der Waals surface area contributed by atoms with Crippen LogP contribution in [-0.2, 0) is 14.1 Å². The summed E-state index contributed by atoms with van der Waals surface area (Å²) >= 11 is 0. The summed E-state index contributed by atoms with van der Waals surface area (Å²) in [4.78, 5) is 27.2. The number of anilines is 1. The van der Waals surface area contributed by atoms with Crippen molar-refractivity contribution in [3.8, 4) is 0 Å². The number of hydrogen-bond acceptors (Lipinski definition) is 6. The van der Waals surface area contributed by atoms with Crippen LogP contribution in [0.1, 0.15) is 6.92 Å². The summed E-state index contributed by atoms with van der Waals surface area (Å²) in [5.74, 6) is -0.0382. The van der Waals surface area contributed by atoms with Crippen molar-refractivity contribution in [3.63, 3.8) is 0 Å². The van der Waals surface area contributed by atoms with E-state index in [0.717, 1.165) is 15.3 Å². The first kappa shape index (κ1) is 12.7. The van der Waals surface area contributed by atoms with E-state index in [9.17, 15) is 9.59 Å². The molecule has 0 spiro atoms. The van der Waals surface area contributed by atoms with E-state index in [1.807, 2.05) is 0 Å². The molecule has 1 rings (SSSR count). The standard InChI is InChI=1S/C9H13N5O3/c1-5(4-11-17)12-6-7(10)13(2)9(16)14(3)8(6)15/h4,17H,10H2,1-3H3/b11-4+,12-5?. The van der Waals surface area contributed by atoms with Gasteiger partial charge in [0.2, 0.25) is 0 Å². The van der Waals surface area contributed by atoms with Crippen molar-refractivity contribution in [2.45, 2.75) is 6.92 Å². The van der Waals surface area contributed by atoms with Gasteiger partial charge < -0.3 is 10.9 Å². The fourth-order valence-electron chi connectivity index (χ4n) is 1.24. The van der Waals surface area contributed by atoms with Gasteiger partial charge in [0.05, 0.1) is 11.9 Å². The zero-order valence-electron chi connectivity index (χ0n) is 9.71. The molecule has 0 atom stereocenters. The number of oxime groups is 1. The summed E-state index contributed by atoms with van der Waals surface area (Å²) in [5, 5.41) is 11.1. The van der Waals surface area contributed by atoms with E-state index in [1.54, 1.807) is 0 Å². The van der Waals surface area contributed by atoms with Crippen LogP contribution in [0.4, 0.5) is 11.5 Å². The Bertz CT molecular complexity index is 608. The number of rotatable bonds is 2. The lowest BCUT2D eigenvalue weighted by atomic mass is 10.4. The molecule has 92 valence electrons. The third kappa shape index (κ3) is 2.25. The summed E-state index contributed by atoms with van der Waals surface area (Å²) in [5.41, 5.74) is 4.73. The smallest absolute Gasteiger partial charge is 0.332 e. The Kier molecular flexibility index (Phi) is 3.46. The Balaban J connectivity index is 3.62. The van der Waals surface area contributed by atoms with Crippen LogP contribution in [0.25, 0.3) is 0 Å². The van der Waals surface area contributed by atoms with Gasteiger partial charge in [0.15, 0.2) is 5.69 Å². The van der Waals surface area contributed by atoms with Crippen LogP contribution in [0.15, 0.2) is 19.7 Å². The molecule has 0 unspecified atom stereocenters. The molecule has 1 aromatic heterocycles. The fourth-order valence-corrected chi connectivity index (χ4v) is 1.24. The van der Waals surface area contributed by atoms with Gasteiger partial charge >= 0.3 is 5.69 Å². The van der Waals surface area contributed by atoms with Crippen LogP contribution >= 0.6 is 0 Å². The molecule has 0 bridgehead atoms. The van der Waals surface area contributed by atoms with Gasteiger partial charge in [-0.2, -0.15) is 0 Å². The molecule has 8 nitrogen and oxygen atoms in total.